The van der Waals surface area contributed by atoms with Gasteiger partial charge in [0.2, 0.25) is 0 Å². The van der Waals surface area contributed by atoms with E-state index >= 15 is 0 Å². The number of benzene rings is 1. The van der Waals surface area contributed by atoms with Crippen LogP contribution >= 0.6 is 23.2 Å². The first-order valence-electron chi connectivity index (χ1n) is 6.05. The van der Waals surface area contributed by atoms with Crippen molar-refractivity contribution < 1.29 is 13.5 Å². The minimum Gasteiger partial charge on any atom is -0.505 e. The quantitative estimate of drug-likeness (QED) is 0.909. The van der Waals surface area contributed by atoms with Crippen molar-refractivity contribution in [3.8, 4) is 5.75 Å². The maximum atomic E-state index is 12.8. The summed E-state index contributed by atoms with van der Waals surface area (Å²) in [7, 11) is -3.94. The lowest BCUT2D eigenvalue weighted by Crippen LogP contribution is -2.29. The molecule has 1 aromatic heterocycles. The number of phenols is 1. The molecule has 1 aliphatic rings. The van der Waals surface area contributed by atoms with E-state index in [2.05, 4.69) is 4.98 Å². The van der Waals surface area contributed by atoms with E-state index in [0.29, 0.717) is 12.1 Å². The fourth-order valence-electron chi connectivity index (χ4n) is 2.31. The van der Waals surface area contributed by atoms with E-state index in [1.807, 2.05) is 0 Å². The van der Waals surface area contributed by atoms with Crippen molar-refractivity contribution in [3.63, 3.8) is 0 Å². The van der Waals surface area contributed by atoms with Crippen LogP contribution in [0.5, 0.6) is 5.75 Å². The lowest BCUT2D eigenvalue weighted by atomic mass is 10.2. The van der Waals surface area contributed by atoms with Crippen LogP contribution in [-0.4, -0.2) is 25.1 Å². The first-order valence-corrected chi connectivity index (χ1v) is 8.24. The number of fused-ring (bicyclic) bond motifs is 1. The van der Waals surface area contributed by atoms with E-state index in [1.165, 1.54) is 22.6 Å². The molecule has 0 unspecified atom stereocenters. The summed E-state index contributed by atoms with van der Waals surface area (Å²) in [6, 6.07) is 4.11. The molecule has 0 aliphatic carbocycles. The van der Waals surface area contributed by atoms with Gasteiger partial charge in [0.1, 0.15) is 4.90 Å². The molecule has 1 aliphatic heterocycles. The number of rotatable bonds is 2. The predicted molar refractivity (Wildman–Crippen MR) is 80.6 cm³/mol. The number of sulfonamides is 1. The van der Waals surface area contributed by atoms with Crippen LogP contribution in [0.2, 0.25) is 10.0 Å². The third-order valence-corrected chi connectivity index (χ3v) is 5.62. The molecule has 2 aromatic rings. The fourth-order valence-corrected chi connectivity index (χ4v) is 4.56. The van der Waals surface area contributed by atoms with Crippen LogP contribution in [0.1, 0.15) is 5.56 Å². The molecule has 8 heteroatoms. The van der Waals surface area contributed by atoms with Crippen LogP contribution in [0.25, 0.3) is 0 Å². The molecule has 0 saturated heterocycles. The number of aromatic nitrogens is 1. The zero-order chi connectivity index (χ0) is 15.2. The van der Waals surface area contributed by atoms with E-state index in [0.717, 1.165) is 5.56 Å². The highest BCUT2D eigenvalue weighted by atomic mass is 35.5. The smallest absolute Gasteiger partial charge is 0.268 e. The Morgan fingerprint density at radius 2 is 2.05 bits per heavy atom. The molecule has 21 heavy (non-hydrogen) atoms. The summed E-state index contributed by atoms with van der Waals surface area (Å²) in [6.45, 7) is 0.285. The van der Waals surface area contributed by atoms with Gasteiger partial charge >= 0.3 is 0 Å². The average Bonchev–Trinajstić information content (AvgIpc) is 2.87. The summed E-state index contributed by atoms with van der Waals surface area (Å²) in [6.07, 6.45) is 3.73. The van der Waals surface area contributed by atoms with Crippen LogP contribution in [0.15, 0.2) is 35.5 Å². The summed E-state index contributed by atoms with van der Waals surface area (Å²) in [5.74, 6) is -0.497. The minimum absolute atomic E-state index is 0.102. The van der Waals surface area contributed by atoms with Crippen LogP contribution in [0, 0.1) is 0 Å². The van der Waals surface area contributed by atoms with Crippen LogP contribution in [0.4, 0.5) is 5.69 Å². The van der Waals surface area contributed by atoms with Crippen molar-refractivity contribution in [2.75, 3.05) is 10.8 Å². The Labute approximate surface area is 131 Å². The molecule has 3 rings (SSSR count). The van der Waals surface area contributed by atoms with Gasteiger partial charge in [0.05, 0.1) is 10.7 Å². The van der Waals surface area contributed by atoms with Gasteiger partial charge in [-0.25, -0.2) is 8.42 Å². The highest BCUT2D eigenvalue weighted by Crippen LogP contribution is 2.39. The lowest BCUT2D eigenvalue weighted by molar-refractivity contribution is 0.459. The summed E-state index contributed by atoms with van der Waals surface area (Å²) in [5, 5.41) is 10.00. The summed E-state index contributed by atoms with van der Waals surface area (Å²) >= 11 is 11.7. The third kappa shape index (κ3) is 2.33. The Hall–Kier alpha value is -1.50. The van der Waals surface area contributed by atoms with Crippen LogP contribution in [0.3, 0.4) is 0 Å². The average molecular weight is 345 g/mol. The zero-order valence-electron chi connectivity index (χ0n) is 10.6. The Balaban J connectivity index is 2.15. The number of phenolic OH excluding ortho intramolecular Hbond substituents is 1. The maximum Gasteiger partial charge on any atom is 0.268 e. The number of hydrogen-bond donors (Lipinski definition) is 1. The van der Waals surface area contributed by atoms with Gasteiger partial charge in [-0.05, 0) is 30.2 Å². The SMILES string of the molecule is O=S(=O)(c1cc(Cl)cc(Cl)c1O)N1CCc2cnccc21. The van der Waals surface area contributed by atoms with E-state index in [9.17, 15) is 13.5 Å². The maximum absolute atomic E-state index is 12.8. The van der Waals surface area contributed by atoms with Gasteiger partial charge in [-0.3, -0.25) is 9.29 Å². The molecule has 0 bridgehead atoms. The van der Waals surface area contributed by atoms with Crippen LogP contribution < -0.4 is 4.31 Å². The van der Waals surface area contributed by atoms with Gasteiger partial charge < -0.3 is 5.11 Å². The van der Waals surface area contributed by atoms with Crippen molar-refractivity contribution in [3.05, 3.63) is 46.2 Å². The largest absolute Gasteiger partial charge is 0.505 e. The Morgan fingerprint density at radius 3 is 2.81 bits per heavy atom. The topological polar surface area (TPSA) is 70.5 Å². The van der Waals surface area contributed by atoms with Gasteiger partial charge in [-0.2, -0.15) is 0 Å². The number of pyridine rings is 1. The Morgan fingerprint density at radius 1 is 1.29 bits per heavy atom. The van der Waals surface area contributed by atoms with E-state index in [4.69, 9.17) is 23.2 Å². The third-order valence-electron chi connectivity index (χ3n) is 3.29. The molecule has 1 N–H and O–H groups in total. The van der Waals surface area contributed by atoms with Crippen LogP contribution in [-0.2, 0) is 16.4 Å². The van der Waals surface area contributed by atoms with E-state index in [-0.39, 0.29) is 21.5 Å². The molecule has 0 spiro atoms. The molecule has 0 saturated carbocycles. The predicted octanol–water partition coefficient (Wildman–Crippen LogP) is 2.85. The Kier molecular flexibility index (Phi) is 3.47. The van der Waals surface area contributed by atoms with Gasteiger partial charge in [0, 0.05) is 24.0 Å². The monoisotopic (exact) mass is 344 g/mol. The molecule has 0 fully saturated rings. The summed E-state index contributed by atoms with van der Waals surface area (Å²) < 4.78 is 26.7. The van der Waals surface area contributed by atoms with Crippen molar-refractivity contribution in [1.82, 2.24) is 4.98 Å². The van der Waals surface area contributed by atoms with E-state index in [1.54, 1.807) is 12.3 Å². The van der Waals surface area contributed by atoms with Crippen molar-refractivity contribution in [2.24, 2.45) is 0 Å². The number of aromatic hydroxyl groups is 1. The first-order chi connectivity index (χ1) is 9.91. The van der Waals surface area contributed by atoms with Gasteiger partial charge in [0.15, 0.2) is 5.75 Å². The molecule has 0 radical (unpaired) electrons. The molecule has 0 amide bonds. The number of hydrogen-bond acceptors (Lipinski definition) is 4. The summed E-state index contributed by atoms with van der Waals surface area (Å²) in [4.78, 5) is 3.68. The molecule has 5 nitrogen and oxygen atoms in total. The standard InChI is InChI=1S/C13H10Cl2N2O3S/c14-9-5-10(15)13(18)12(6-9)21(19,20)17-4-2-8-7-16-3-1-11(8)17/h1,3,5-7,18H,2,4H2. The van der Waals surface area contributed by atoms with E-state index < -0.39 is 15.8 Å². The summed E-state index contributed by atoms with van der Waals surface area (Å²) in [5.41, 5.74) is 1.40. The highest BCUT2D eigenvalue weighted by Gasteiger charge is 2.33. The minimum atomic E-state index is -3.94. The van der Waals surface area contributed by atoms with Crippen molar-refractivity contribution in [2.45, 2.75) is 11.3 Å². The normalized spacial score (nSPS) is 14.3. The second-order valence-electron chi connectivity index (χ2n) is 4.57. The number of anilines is 1. The van der Waals surface area contributed by atoms with Crippen molar-refractivity contribution >= 4 is 38.9 Å². The van der Waals surface area contributed by atoms with Gasteiger partial charge in [-0.15, -0.1) is 0 Å². The molecule has 2 heterocycles. The lowest BCUT2D eigenvalue weighted by Gasteiger charge is -2.20. The fraction of sp³-hybridized carbons (Fsp3) is 0.154. The highest BCUT2D eigenvalue weighted by molar-refractivity contribution is 7.93. The second-order valence-corrected chi connectivity index (χ2v) is 7.24. The number of halogens is 2. The number of nitrogens with zero attached hydrogens (tertiary/aromatic N) is 2. The molecule has 110 valence electrons. The molecule has 1 aromatic carbocycles. The molecular formula is C13H10Cl2N2O3S. The molecular weight excluding hydrogens is 335 g/mol. The van der Waals surface area contributed by atoms with Crippen molar-refractivity contribution in [1.29, 1.82) is 0 Å². The first kappa shape index (κ1) is 14.4. The zero-order valence-corrected chi connectivity index (χ0v) is 13.0. The van der Waals surface area contributed by atoms with Gasteiger partial charge in [-0.1, -0.05) is 23.2 Å². The van der Waals surface area contributed by atoms with Gasteiger partial charge in [0.25, 0.3) is 10.0 Å². The Bertz CT molecular complexity index is 824. The second kappa shape index (κ2) is 5.05. The molecule has 0 atom stereocenters.